The third kappa shape index (κ3) is 4.81. The lowest BCUT2D eigenvalue weighted by atomic mass is 10.1. The van der Waals surface area contributed by atoms with E-state index in [0.717, 1.165) is 21.2 Å². The monoisotopic (exact) mass is 286 g/mol. The molecular weight excluding hydrogens is 264 g/mol. The minimum Gasteiger partial charge on any atom is -0.491 e. The first kappa shape index (κ1) is 15.9. The number of aryl methyl sites for hydroxylation is 1. The van der Waals surface area contributed by atoms with Gasteiger partial charge in [0.2, 0.25) is 0 Å². The molecule has 6 heteroatoms. The van der Waals surface area contributed by atoms with Crippen LogP contribution in [0.25, 0.3) is 0 Å². The van der Waals surface area contributed by atoms with Gasteiger partial charge in [-0.1, -0.05) is 12.1 Å². The largest absolute Gasteiger partial charge is 0.491 e. The maximum Gasteiger partial charge on any atom is 0.279 e. The van der Waals surface area contributed by atoms with E-state index in [9.17, 15) is 8.42 Å². The normalized spacial score (nSPS) is 12.2. The lowest BCUT2D eigenvalue weighted by Crippen LogP contribution is -2.35. The van der Waals surface area contributed by atoms with E-state index in [1.165, 1.54) is 14.1 Å². The highest BCUT2D eigenvalue weighted by atomic mass is 32.2. The van der Waals surface area contributed by atoms with Crippen molar-refractivity contribution in [3.05, 3.63) is 29.3 Å². The lowest BCUT2D eigenvalue weighted by molar-refractivity contribution is 0.240. The van der Waals surface area contributed by atoms with E-state index in [0.29, 0.717) is 0 Å². The molecule has 0 fully saturated rings. The summed E-state index contributed by atoms with van der Waals surface area (Å²) in [5.41, 5.74) is 1.90. The fourth-order valence-corrected chi connectivity index (χ4v) is 2.12. The number of benzene rings is 1. The van der Waals surface area contributed by atoms with E-state index in [2.05, 4.69) is 4.72 Å². The van der Waals surface area contributed by atoms with Gasteiger partial charge in [0.15, 0.2) is 0 Å². The topological polar surface area (TPSA) is 58.6 Å². The molecule has 0 atom stereocenters. The summed E-state index contributed by atoms with van der Waals surface area (Å²) in [6, 6.07) is 5.66. The van der Waals surface area contributed by atoms with Crippen LogP contribution in [0.4, 0.5) is 0 Å². The molecule has 0 unspecified atom stereocenters. The second-order valence-electron chi connectivity index (χ2n) is 4.87. The molecule has 5 nitrogen and oxygen atoms in total. The van der Waals surface area contributed by atoms with Crippen LogP contribution in [0.5, 0.6) is 5.75 Å². The Kier molecular flexibility index (Phi) is 5.34. The summed E-state index contributed by atoms with van der Waals surface area (Å²) in [6.45, 7) is 6.15. The van der Waals surface area contributed by atoms with Crippen LogP contribution in [-0.4, -0.2) is 32.9 Å². The van der Waals surface area contributed by atoms with Crippen molar-refractivity contribution in [2.45, 2.75) is 33.4 Å². The molecule has 0 heterocycles. The van der Waals surface area contributed by atoms with Crippen molar-refractivity contribution in [3.63, 3.8) is 0 Å². The molecule has 0 aliphatic carbocycles. The van der Waals surface area contributed by atoms with E-state index >= 15 is 0 Å². The SMILES string of the molecule is Cc1cc(CNS(=O)(=O)N(C)C)ccc1OC(C)C. The second-order valence-corrected chi connectivity index (χ2v) is 6.84. The molecule has 19 heavy (non-hydrogen) atoms. The summed E-state index contributed by atoms with van der Waals surface area (Å²) < 4.78 is 32.5. The fraction of sp³-hybridized carbons (Fsp3) is 0.538. The van der Waals surface area contributed by atoms with Crippen molar-refractivity contribution in [3.8, 4) is 5.75 Å². The highest BCUT2D eigenvalue weighted by molar-refractivity contribution is 7.87. The quantitative estimate of drug-likeness (QED) is 0.865. The number of ether oxygens (including phenoxy) is 1. The Morgan fingerprint density at radius 1 is 1.32 bits per heavy atom. The summed E-state index contributed by atoms with van der Waals surface area (Å²) >= 11 is 0. The fourth-order valence-electron chi connectivity index (χ4n) is 1.51. The third-order valence-electron chi connectivity index (χ3n) is 2.54. The minimum absolute atomic E-state index is 0.122. The first-order chi connectivity index (χ1) is 8.72. The smallest absolute Gasteiger partial charge is 0.279 e. The van der Waals surface area contributed by atoms with Crippen LogP contribution >= 0.6 is 0 Å². The third-order valence-corrected chi connectivity index (χ3v) is 4.01. The summed E-state index contributed by atoms with van der Waals surface area (Å²) in [5, 5.41) is 0. The standard InChI is InChI=1S/C13H22N2O3S/c1-10(2)18-13-7-6-12(8-11(13)3)9-14-19(16,17)15(4)5/h6-8,10,14H,9H2,1-5H3. The number of hydrogen-bond acceptors (Lipinski definition) is 3. The minimum atomic E-state index is -3.39. The Morgan fingerprint density at radius 3 is 2.42 bits per heavy atom. The molecule has 1 rings (SSSR count). The van der Waals surface area contributed by atoms with Crippen LogP contribution in [-0.2, 0) is 16.8 Å². The van der Waals surface area contributed by atoms with Gasteiger partial charge in [-0.05, 0) is 38.0 Å². The molecule has 0 amide bonds. The van der Waals surface area contributed by atoms with Gasteiger partial charge in [0.25, 0.3) is 10.2 Å². The molecule has 0 aliphatic rings. The molecule has 108 valence electrons. The number of rotatable bonds is 6. The predicted molar refractivity (Wildman–Crippen MR) is 76.4 cm³/mol. The van der Waals surface area contributed by atoms with E-state index in [1.54, 1.807) is 0 Å². The van der Waals surface area contributed by atoms with Crippen LogP contribution in [0.2, 0.25) is 0 Å². The summed E-state index contributed by atoms with van der Waals surface area (Å²) in [4.78, 5) is 0. The van der Waals surface area contributed by atoms with E-state index in [4.69, 9.17) is 4.74 Å². The molecular formula is C13H22N2O3S. The van der Waals surface area contributed by atoms with Crippen molar-refractivity contribution in [2.24, 2.45) is 0 Å². The maximum atomic E-state index is 11.6. The zero-order valence-corrected chi connectivity index (χ0v) is 12.9. The molecule has 0 spiro atoms. The van der Waals surface area contributed by atoms with Crippen molar-refractivity contribution in [1.29, 1.82) is 0 Å². The van der Waals surface area contributed by atoms with E-state index < -0.39 is 10.2 Å². The molecule has 1 aromatic rings. The predicted octanol–water partition coefficient (Wildman–Crippen LogP) is 1.68. The Balaban J connectivity index is 2.74. The maximum absolute atomic E-state index is 11.6. The van der Waals surface area contributed by atoms with Gasteiger partial charge in [-0.15, -0.1) is 0 Å². The Bertz CT molecular complexity index is 525. The van der Waals surface area contributed by atoms with Crippen molar-refractivity contribution < 1.29 is 13.2 Å². The Labute approximate surface area is 115 Å². The average Bonchev–Trinajstić information content (AvgIpc) is 2.29. The van der Waals surface area contributed by atoms with Gasteiger partial charge < -0.3 is 4.74 Å². The Hall–Kier alpha value is -1.11. The zero-order chi connectivity index (χ0) is 14.6. The number of nitrogens with zero attached hydrogens (tertiary/aromatic N) is 1. The summed E-state index contributed by atoms with van der Waals surface area (Å²) in [6.07, 6.45) is 0.122. The second kappa shape index (κ2) is 6.36. The molecule has 0 saturated heterocycles. The van der Waals surface area contributed by atoms with Gasteiger partial charge in [0, 0.05) is 20.6 Å². The number of hydrogen-bond donors (Lipinski definition) is 1. The molecule has 0 saturated carbocycles. The molecule has 0 aliphatic heterocycles. The Morgan fingerprint density at radius 2 is 1.95 bits per heavy atom. The highest BCUT2D eigenvalue weighted by Gasteiger charge is 2.12. The van der Waals surface area contributed by atoms with Crippen molar-refractivity contribution in [1.82, 2.24) is 9.03 Å². The van der Waals surface area contributed by atoms with E-state index in [1.807, 2.05) is 39.0 Å². The van der Waals surface area contributed by atoms with Crippen LogP contribution in [0, 0.1) is 6.92 Å². The van der Waals surface area contributed by atoms with Crippen molar-refractivity contribution >= 4 is 10.2 Å². The average molecular weight is 286 g/mol. The molecule has 0 bridgehead atoms. The van der Waals surface area contributed by atoms with Gasteiger partial charge in [0.1, 0.15) is 5.75 Å². The van der Waals surface area contributed by atoms with Gasteiger partial charge in [-0.25, -0.2) is 0 Å². The van der Waals surface area contributed by atoms with Crippen LogP contribution < -0.4 is 9.46 Å². The van der Waals surface area contributed by atoms with Gasteiger partial charge in [0.05, 0.1) is 6.10 Å². The zero-order valence-electron chi connectivity index (χ0n) is 12.1. The summed E-state index contributed by atoms with van der Waals surface area (Å²) in [5.74, 6) is 0.828. The first-order valence-electron chi connectivity index (χ1n) is 6.15. The van der Waals surface area contributed by atoms with Crippen LogP contribution in [0.3, 0.4) is 0 Å². The number of nitrogens with one attached hydrogen (secondary N) is 1. The molecule has 1 aromatic carbocycles. The molecule has 1 N–H and O–H groups in total. The van der Waals surface area contributed by atoms with E-state index in [-0.39, 0.29) is 12.6 Å². The summed E-state index contributed by atoms with van der Waals surface area (Å²) in [7, 11) is -0.400. The van der Waals surface area contributed by atoms with Crippen LogP contribution in [0.15, 0.2) is 18.2 Å². The van der Waals surface area contributed by atoms with Gasteiger partial charge in [-0.2, -0.15) is 17.4 Å². The van der Waals surface area contributed by atoms with Gasteiger partial charge in [-0.3, -0.25) is 0 Å². The molecule has 0 aromatic heterocycles. The van der Waals surface area contributed by atoms with Crippen molar-refractivity contribution in [2.75, 3.05) is 14.1 Å². The lowest BCUT2D eigenvalue weighted by Gasteiger charge is -2.15. The van der Waals surface area contributed by atoms with Crippen LogP contribution in [0.1, 0.15) is 25.0 Å². The molecule has 0 radical (unpaired) electrons. The first-order valence-corrected chi connectivity index (χ1v) is 7.59. The highest BCUT2D eigenvalue weighted by Crippen LogP contribution is 2.20. The van der Waals surface area contributed by atoms with Gasteiger partial charge >= 0.3 is 0 Å².